The number of para-hydroxylation sites is 2. The molecule has 0 saturated carbocycles. The number of thioether (sulfide) groups is 1. The number of carbonyl (C=O) groups is 2. The number of nitrogens with zero attached hydrogens (tertiary/aromatic N) is 2. The van der Waals surface area contributed by atoms with E-state index in [0.29, 0.717) is 22.7 Å². The lowest BCUT2D eigenvalue weighted by Crippen LogP contribution is -2.30. The molecule has 2 heterocycles. The molecule has 1 fully saturated rings. The first-order chi connectivity index (χ1) is 16.6. The lowest BCUT2D eigenvalue weighted by molar-refractivity contribution is -0.117. The smallest absolute Gasteiger partial charge is 0.245 e. The monoisotopic (exact) mass is 463 g/mol. The number of fused-ring (bicyclic) bond motifs is 1. The zero-order chi connectivity index (χ0) is 23.7. The summed E-state index contributed by atoms with van der Waals surface area (Å²) in [6.07, 6.45) is 2.15. The highest BCUT2D eigenvalue weighted by Gasteiger charge is 2.41. The van der Waals surface area contributed by atoms with Gasteiger partial charge in [0.25, 0.3) is 0 Å². The average Bonchev–Trinajstić information content (AvgIpc) is 3.43. The maximum atomic E-state index is 13.6. The Hall–Kier alpha value is -4.08. The number of aromatic nitrogens is 1. The Morgan fingerprint density at radius 1 is 1.03 bits per heavy atom. The summed E-state index contributed by atoms with van der Waals surface area (Å²) in [4.78, 5) is 31.8. The molecule has 1 saturated heterocycles. The molecule has 0 spiro atoms. The van der Waals surface area contributed by atoms with Gasteiger partial charge in [0.2, 0.25) is 11.7 Å². The number of amides is 1. The third kappa shape index (κ3) is 3.81. The van der Waals surface area contributed by atoms with Gasteiger partial charge in [-0.15, -0.1) is 0 Å². The molecule has 1 aliphatic rings. The van der Waals surface area contributed by atoms with Crippen LogP contribution in [0.2, 0.25) is 0 Å². The van der Waals surface area contributed by atoms with Crippen LogP contribution in [0.3, 0.4) is 0 Å². The Labute approximate surface area is 201 Å². The summed E-state index contributed by atoms with van der Waals surface area (Å²) in [6.45, 7) is 2.02. The lowest BCUT2D eigenvalue weighted by Gasteiger charge is -2.18. The number of hydrogen-bond acceptors (Lipinski definition) is 4. The van der Waals surface area contributed by atoms with E-state index >= 15 is 0 Å². The van der Waals surface area contributed by atoms with Crippen LogP contribution in [0.5, 0.6) is 0 Å². The molecule has 5 rings (SSSR count). The van der Waals surface area contributed by atoms with Crippen LogP contribution in [0, 0.1) is 18.3 Å². The van der Waals surface area contributed by atoms with Gasteiger partial charge in [-0.25, -0.2) is 0 Å². The number of allylic oxidation sites excluding steroid dienone is 1. The van der Waals surface area contributed by atoms with E-state index in [9.17, 15) is 14.9 Å². The normalized spacial score (nSPS) is 17.1. The second kappa shape index (κ2) is 9.05. The Morgan fingerprint density at radius 3 is 2.50 bits per heavy atom. The molecule has 0 radical (unpaired) electrons. The predicted molar refractivity (Wildman–Crippen MR) is 135 cm³/mol. The molecule has 34 heavy (non-hydrogen) atoms. The van der Waals surface area contributed by atoms with Crippen molar-refractivity contribution in [2.24, 2.45) is 0 Å². The third-order valence-corrected chi connectivity index (χ3v) is 7.28. The van der Waals surface area contributed by atoms with Crippen LogP contribution in [0.15, 0.2) is 95.7 Å². The van der Waals surface area contributed by atoms with E-state index in [2.05, 4.69) is 11.1 Å². The number of carbonyl (C=O) groups excluding carboxylic acids is 2. The molecule has 1 aliphatic heterocycles. The molecule has 3 aromatic carbocycles. The number of H-pyrrole nitrogens is 1. The van der Waals surface area contributed by atoms with Gasteiger partial charge < -0.3 is 4.98 Å². The van der Waals surface area contributed by atoms with Crippen LogP contribution in [-0.4, -0.2) is 21.9 Å². The van der Waals surface area contributed by atoms with Crippen molar-refractivity contribution in [3.63, 3.8) is 0 Å². The summed E-state index contributed by atoms with van der Waals surface area (Å²) < 4.78 is 0. The summed E-state index contributed by atoms with van der Waals surface area (Å²) in [5.41, 5.74) is 4.03. The van der Waals surface area contributed by atoms with Gasteiger partial charge in [0.05, 0.1) is 5.25 Å². The minimum absolute atomic E-state index is 0.0285. The van der Waals surface area contributed by atoms with Crippen LogP contribution < -0.4 is 4.90 Å². The van der Waals surface area contributed by atoms with Crippen LogP contribution in [-0.2, 0) is 11.2 Å². The van der Waals surface area contributed by atoms with Gasteiger partial charge in [-0.1, -0.05) is 72.4 Å². The minimum atomic E-state index is -0.435. The summed E-state index contributed by atoms with van der Waals surface area (Å²) in [7, 11) is 0. The number of benzene rings is 3. The van der Waals surface area contributed by atoms with Crippen molar-refractivity contribution in [2.75, 3.05) is 4.90 Å². The highest BCUT2D eigenvalue weighted by molar-refractivity contribution is 8.05. The second-order valence-corrected chi connectivity index (χ2v) is 9.31. The van der Waals surface area contributed by atoms with E-state index in [1.54, 1.807) is 6.20 Å². The number of Topliss-reactive ketones (excluding diaryl/α,β-unsaturated/α-hetero) is 1. The SMILES string of the molecule is Cc1ccccc1C[C@@H]1S/C(=C(\C#N)C(=O)c2c[nH]c3ccccc23)N(c2ccccc2)C1=O. The Morgan fingerprint density at radius 2 is 1.74 bits per heavy atom. The van der Waals surface area contributed by atoms with Gasteiger partial charge in [0, 0.05) is 28.4 Å². The quantitative estimate of drug-likeness (QED) is 0.231. The molecular weight excluding hydrogens is 442 g/mol. The largest absolute Gasteiger partial charge is 0.360 e. The summed E-state index contributed by atoms with van der Waals surface area (Å²) >= 11 is 1.29. The molecule has 0 aliphatic carbocycles. The van der Waals surface area contributed by atoms with Gasteiger partial charge >= 0.3 is 0 Å². The maximum Gasteiger partial charge on any atom is 0.245 e. The first kappa shape index (κ1) is 21.7. The molecule has 1 N–H and O–H groups in total. The van der Waals surface area contributed by atoms with Crippen molar-refractivity contribution in [3.05, 3.63) is 112 Å². The van der Waals surface area contributed by atoms with Crippen molar-refractivity contribution < 1.29 is 9.59 Å². The van der Waals surface area contributed by atoms with E-state index in [-0.39, 0.29) is 11.5 Å². The fraction of sp³-hybridized carbons (Fsp3) is 0.107. The molecule has 1 atom stereocenters. The van der Waals surface area contributed by atoms with Crippen LogP contribution in [0.4, 0.5) is 5.69 Å². The average molecular weight is 464 g/mol. The molecule has 1 amide bonds. The number of nitriles is 1. The van der Waals surface area contributed by atoms with Crippen molar-refractivity contribution >= 4 is 40.0 Å². The molecule has 0 bridgehead atoms. The van der Waals surface area contributed by atoms with E-state index in [0.717, 1.165) is 22.0 Å². The predicted octanol–water partition coefficient (Wildman–Crippen LogP) is 5.79. The van der Waals surface area contributed by atoms with Gasteiger partial charge in [-0.3, -0.25) is 14.5 Å². The number of aryl methyl sites for hydroxylation is 1. The maximum absolute atomic E-state index is 13.6. The van der Waals surface area contributed by atoms with E-state index in [1.807, 2.05) is 85.8 Å². The Bertz CT molecular complexity index is 1480. The Balaban J connectivity index is 1.61. The van der Waals surface area contributed by atoms with Crippen molar-refractivity contribution in [2.45, 2.75) is 18.6 Å². The molecular formula is C28H21N3O2S. The number of anilines is 1. The van der Waals surface area contributed by atoms with Gasteiger partial charge in [-0.05, 0) is 42.7 Å². The molecule has 166 valence electrons. The van der Waals surface area contributed by atoms with Gasteiger partial charge in [0.15, 0.2) is 0 Å². The van der Waals surface area contributed by atoms with Gasteiger partial charge in [0.1, 0.15) is 16.7 Å². The van der Waals surface area contributed by atoms with Crippen LogP contribution >= 0.6 is 11.8 Å². The number of rotatable bonds is 5. The minimum Gasteiger partial charge on any atom is -0.360 e. The molecule has 4 aromatic rings. The first-order valence-electron chi connectivity index (χ1n) is 10.9. The van der Waals surface area contributed by atoms with Crippen molar-refractivity contribution in [1.82, 2.24) is 4.98 Å². The molecule has 0 unspecified atom stereocenters. The van der Waals surface area contributed by atoms with E-state index < -0.39 is 11.0 Å². The number of ketones is 1. The molecule has 6 heteroatoms. The topological polar surface area (TPSA) is 77.0 Å². The van der Waals surface area contributed by atoms with Crippen molar-refractivity contribution in [3.8, 4) is 6.07 Å². The fourth-order valence-electron chi connectivity index (χ4n) is 4.23. The number of hydrogen-bond donors (Lipinski definition) is 1. The zero-order valence-electron chi connectivity index (χ0n) is 18.5. The van der Waals surface area contributed by atoms with Crippen LogP contribution in [0.25, 0.3) is 10.9 Å². The van der Waals surface area contributed by atoms with E-state index in [1.165, 1.54) is 16.7 Å². The highest BCUT2D eigenvalue weighted by Crippen LogP contribution is 2.42. The summed E-state index contributed by atoms with van der Waals surface area (Å²) in [5.74, 6) is -0.526. The third-order valence-electron chi connectivity index (χ3n) is 6.02. The first-order valence-corrected chi connectivity index (χ1v) is 11.8. The lowest BCUT2D eigenvalue weighted by atomic mass is 10.0. The van der Waals surface area contributed by atoms with Crippen LogP contribution in [0.1, 0.15) is 21.5 Å². The summed E-state index contributed by atoms with van der Waals surface area (Å²) in [6, 6.07) is 26.7. The van der Waals surface area contributed by atoms with E-state index in [4.69, 9.17) is 0 Å². The fourth-order valence-corrected chi connectivity index (χ4v) is 5.53. The number of nitrogens with one attached hydrogen (secondary N) is 1. The second-order valence-electron chi connectivity index (χ2n) is 8.12. The number of aromatic amines is 1. The van der Waals surface area contributed by atoms with Crippen molar-refractivity contribution in [1.29, 1.82) is 5.26 Å². The molecule has 1 aromatic heterocycles. The highest BCUT2D eigenvalue weighted by atomic mass is 32.2. The zero-order valence-corrected chi connectivity index (χ0v) is 19.3. The standard InChI is InChI=1S/C28H21N3O2S/c1-18-9-5-6-10-19(18)15-25-27(33)31(20-11-3-2-4-12-20)28(34-25)22(16-29)26(32)23-17-30-24-14-8-7-13-21(23)24/h2-14,17,25,30H,15H2,1H3/b28-22+/t25-/m0/s1. The molecule has 5 nitrogen and oxygen atoms in total. The summed E-state index contributed by atoms with van der Waals surface area (Å²) in [5, 5.41) is 10.8. The Kier molecular flexibility index (Phi) is 5.79. The van der Waals surface area contributed by atoms with Gasteiger partial charge in [-0.2, -0.15) is 5.26 Å².